The zero-order chi connectivity index (χ0) is 19.2. The predicted molar refractivity (Wildman–Crippen MR) is 107 cm³/mol. The number of hydrazone groups is 1. The predicted octanol–water partition coefficient (Wildman–Crippen LogP) is 5.07. The molecule has 1 heterocycles. The van der Waals surface area contributed by atoms with Crippen molar-refractivity contribution in [3.8, 4) is 17.1 Å². The lowest BCUT2D eigenvalue weighted by atomic mass is 10.1. The maximum absolute atomic E-state index is 12.1. The van der Waals surface area contributed by atoms with Gasteiger partial charge in [0.15, 0.2) is 0 Å². The molecule has 2 aromatic carbocycles. The molecule has 6 heteroatoms. The topological polar surface area (TPSA) is 63.8 Å². The first kappa shape index (κ1) is 18.7. The maximum Gasteiger partial charge on any atom is 0.271 e. The molecule has 0 unspecified atom stereocenters. The Hall–Kier alpha value is -3.05. The van der Waals surface area contributed by atoms with Crippen LogP contribution in [0.5, 0.6) is 5.75 Å². The lowest BCUT2D eigenvalue weighted by Gasteiger charge is -2.03. The maximum atomic E-state index is 12.1. The summed E-state index contributed by atoms with van der Waals surface area (Å²) in [5.74, 6) is 1.60. The molecule has 0 fully saturated rings. The quantitative estimate of drug-likeness (QED) is 0.478. The van der Waals surface area contributed by atoms with E-state index in [1.807, 2.05) is 38.1 Å². The summed E-state index contributed by atoms with van der Waals surface area (Å²) in [5.41, 5.74) is 4.85. The third-order valence-electron chi connectivity index (χ3n) is 3.87. The van der Waals surface area contributed by atoms with E-state index in [0.29, 0.717) is 28.7 Å². The number of carbonyl (C=O) groups is 1. The average Bonchev–Trinajstić information content (AvgIpc) is 3.14. The first-order chi connectivity index (χ1) is 13.1. The molecule has 138 valence electrons. The van der Waals surface area contributed by atoms with Crippen molar-refractivity contribution in [3.63, 3.8) is 0 Å². The number of hydrogen-bond donors (Lipinski definition) is 1. The van der Waals surface area contributed by atoms with Gasteiger partial charge in [-0.3, -0.25) is 4.79 Å². The minimum Gasteiger partial charge on any atom is -0.494 e. The number of benzene rings is 2. The Kier molecular flexibility index (Phi) is 5.94. The Bertz CT molecular complexity index is 962. The highest BCUT2D eigenvalue weighted by atomic mass is 35.5. The van der Waals surface area contributed by atoms with E-state index in [1.165, 1.54) is 6.21 Å². The van der Waals surface area contributed by atoms with Crippen LogP contribution in [0.2, 0.25) is 5.02 Å². The Labute approximate surface area is 162 Å². The van der Waals surface area contributed by atoms with Crippen LogP contribution in [0.15, 0.2) is 64.1 Å². The van der Waals surface area contributed by atoms with Crippen LogP contribution < -0.4 is 10.2 Å². The molecule has 3 rings (SSSR count). The smallest absolute Gasteiger partial charge is 0.271 e. The van der Waals surface area contributed by atoms with E-state index >= 15 is 0 Å². The summed E-state index contributed by atoms with van der Waals surface area (Å²) in [4.78, 5) is 12.1. The van der Waals surface area contributed by atoms with Crippen LogP contribution in [-0.2, 0) is 0 Å². The van der Waals surface area contributed by atoms with Gasteiger partial charge in [0.2, 0.25) is 0 Å². The van der Waals surface area contributed by atoms with Gasteiger partial charge in [-0.25, -0.2) is 5.43 Å². The number of amides is 1. The summed E-state index contributed by atoms with van der Waals surface area (Å²) in [6, 6.07) is 16.2. The minimum absolute atomic E-state index is 0.314. The van der Waals surface area contributed by atoms with Gasteiger partial charge in [0.05, 0.1) is 12.8 Å². The Balaban J connectivity index is 1.62. The molecule has 1 aromatic heterocycles. The summed E-state index contributed by atoms with van der Waals surface area (Å²) in [7, 11) is 0. The zero-order valence-electron chi connectivity index (χ0n) is 15.0. The lowest BCUT2D eigenvalue weighted by molar-refractivity contribution is 0.0955. The fourth-order valence-corrected chi connectivity index (χ4v) is 2.59. The van der Waals surface area contributed by atoms with Crippen molar-refractivity contribution in [2.45, 2.75) is 13.8 Å². The molecule has 0 aliphatic rings. The standard InChI is InChI=1S/C21H19ClN2O3/c1-3-26-17-8-6-15(7-9-17)21(25)24-23-13-18-10-11-20(27-18)16-5-4-14(2)19(22)12-16/h4-13H,3H2,1-2H3,(H,24,25)/b23-13-. The Morgan fingerprint density at radius 1 is 1.19 bits per heavy atom. The van der Waals surface area contributed by atoms with Crippen molar-refractivity contribution >= 4 is 23.7 Å². The molecule has 0 aliphatic heterocycles. The number of nitrogens with zero attached hydrogens (tertiary/aromatic N) is 1. The molecule has 0 aliphatic carbocycles. The van der Waals surface area contributed by atoms with Gasteiger partial charge in [-0.2, -0.15) is 5.10 Å². The number of rotatable bonds is 6. The first-order valence-corrected chi connectivity index (χ1v) is 8.87. The van der Waals surface area contributed by atoms with Gasteiger partial charge in [0, 0.05) is 16.1 Å². The van der Waals surface area contributed by atoms with E-state index in [0.717, 1.165) is 16.9 Å². The van der Waals surface area contributed by atoms with Crippen LogP contribution >= 0.6 is 11.6 Å². The summed E-state index contributed by atoms with van der Waals surface area (Å²) in [5, 5.41) is 4.62. The number of nitrogens with one attached hydrogen (secondary N) is 1. The van der Waals surface area contributed by atoms with Gasteiger partial charge in [-0.05, 0) is 61.9 Å². The second kappa shape index (κ2) is 8.56. The number of halogens is 1. The van der Waals surface area contributed by atoms with Crippen molar-refractivity contribution in [2.75, 3.05) is 6.61 Å². The van der Waals surface area contributed by atoms with Crippen LogP contribution in [0, 0.1) is 6.92 Å². The molecule has 0 saturated carbocycles. The Morgan fingerprint density at radius 2 is 1.96 bits per heavy atom. The van der Waals surface area contributed by atoms with Crippen LogP contribution in [-0.4, -0.2) is 18.7 Å². The highest BCUT2D eigenvalue weighted by molar-refractivity contribution is 6.31. The third kappa shape index (κ3) is 4.77. The van der Waals surface area contributed by atoms with Crippen molar-refractivity contribution in [1.82, 2.24) is 5.43 Å². The van der Waals surface area contributed by atoms with Crippen LogP contribution in [0.1, 0.15) is 28.6 Å². The van der Waals surface area contributed by atoms with E-state index in [-0.39, 0.29) is 5.91 Å². The van der Waals surface area contributed by atoms with Gasteiger partial charge < -0.3 is 9.15 Å². The summed E-state index contributed by atoms with van der Waals surface area (Å²) in [6.45, 7) is 4.43. The monoisotopic (exact) mass is 382 g/mol. The number of carbonyl (C=O) groups excluding carboxylic acids is 1. The molecule has 0 spiro atoms. The molecule has 5 nitrogen and oxygen atoms in total. The second-order valence-corrected chi connectivity index (χ2v) is 6.23. The summed E-state index contributed by atoms with van der Waals surface area (Å²) >= 11 is 6.15. The first-order valence-electron chi connectivity index (χ1n) is 8.49. The highest BCUT2D eigenvalue weighted by Crippen LogP contribution is 2.26. The van der Waals surface area contributed by atoms with Gasteiger partial charge in [-0.1, -0.05) is 23.7 Å². The van der Waals surface area contributed by atoms with Gasteiger partial charge in [0.1, 0.15) is 17.3 Å². The second-order valence-electron chi connectivity index (χ2n) is 5.82. The normalized spacial score (nSPS) is 10.9. The summed E-state index contributed by atoms with van der Waals surface area (Å²) in [6.07, 6.45) is 1.45. The van der Waals surface area contributed by atoms with Crippen LogP contribution in [0.3, 0.4) is 0 Å². The lowest BCUT2D eigenvalue weighted by Crippen LogP contribution is -2.17. The largest absolute Gasteiger partial charge is 0.494 e. The fraction of sp³-hybridized carbons (Fsp3) is 0.143. The average molecular weight is 383 g/mol. The number of furan rings is 1. The molecule has 1 N–H and O–H groups in total. The SMILES string of the molecule is CCOc1ccc(C(=O)N/N=C\c2ccc(-c3ccc(C)c(Cl)c3)o2)cc1. The number of hydrogen-bond acceptors (Lipinski definition) is 4. The Morgan fingerprint density at radius 3 is 2.67 bits per heavy atom. The molecule has 0 saturated heterocycles. The summed E-state index contributed by atoms with van der Waals surface area (Å²) < 4.78 is 11.1. The van der Waals surface area contributed by atoms with Gasteiger partial charge >= 0.3 is 0 Å². The molecule has 3 aromatic rings. The third-order valence-corrected chi connectivity index (χ3v) is 4.28. The van der Waals surface area contributed by atoms with Crippen molar-refractivity contribution in [1.29, 1.82) is 0 Å². The van der Waals surface area contributed by atoms with E-state index in [2.05, 4.69) is 10.5 Å². The minimum atomic E-state index is -0.314. The van der Waals surface area contributed by atoms with Gasteiger partial charge in [0.25, 0.3) is 5.91 Å². The van der Waals surface area contributed by atoms with Crippen molar-refractivity contribution < 1.29 is 13.9 Å². The molecular weight excluding hydrogens is 364 g/mol. The zero-order valence-corrected chi connectivity index (χ0v) is 15.8. The molecule has 27 heavy (non-hydrogen) atoms. The van der Waals surface area contributed by atoms with E-state index in [4.69, 9.17) is 20.8 Å². The van der Waals surface area contributed by atoms with Crippen LogP contribution in [0.4, 0.5) is 0 Å². The molecule has 0 radical (unpaired) electrons. The van der Waals surface area contributed by atoms with E-state index < -0.39 is 0 Å². The number of ether oxygens (including phenoxy) is 1. The van der Waals surface area contributed by atoms with Crippen molar-refractivity contribution in [2.24, 2.45) is 5.10 Å². The molecule has 0 atom stereocenters. The van der Waals surface area contributed by atoms with E-state index in [9.17, 15) is 4.79 Å². The fourth-order valence-electron chi connectivity index (χ4n) is 2.41. The number of aryl methyl sites for hydroxylation is 1. The van der Waals surface area contributed by atoms with Crippen LogP contribution in [0.25, 0.3) is 11.3 Å². The molecular formula is C21H19ClN2O3. The molecule has 0 bridgehead atoms. The van der Waals surface area contributed by atoms with Gasteiger partial charge in [-0.15, -0.1) is 0 Å². The van der Waals surface area contributed by atoms with Crippen molar-refractivity contribution in [3.05, 3.63) is 76.5 Å². The van der Waals surface area contributed by atoms with E-state index in [1.54, 1.807) is 30.3 Å². The molecule has 1 amide bonds. The highest BCUT2D eigenvalue weighted by Gasteiger charge is 2.07.